The van der Waals surface area contributed by atoms with Crippen molar-refractivity contribution >= 4 is 6.03 Å². The first-order valence-corrected chi connectivity index (χ1v) is 6.05. The van der Waals surface area contributed by atoms with Gasteiger partial charge in [-0.1, -0.05) is 6.92 Å². The Bertz CT molecular complexity index is 247. The zero-order valence-corrected chi connectivity index (χ0v) is 11.1. The average molecular weight is 227 g/mol. The van der Waals surface area contributed by atoms with E-state index in [-0.39, 0.29) is 11.6 Å². The molecule has 1 fully saturated rings. The van der Waals surface area contributed by atoms with Crippen LogP contribution in [0.3, 0.4) is 0 Å². The van der Waals surface area contributed by atoms with Crippen LogP contribution in [-0.2, 0) is 0 Å². The second kappa shape index (κ2) is 5.04. The van der Waals surface area contributed by atoms with Gasteiger partial charge in [0, 0.05) is 18.1 Å². The predicted molar refractivity (Wildman–Crippen MR) is 66.5 cm³/mol. The third-order valence-corrected chi connectivity index (χ3v) is 2.91. The van der Waals surface area contributed by atoms with E-state index in [4.69, 9.17) is 0 Å². The predicted octanol–water partition coefficient (Wildman–Crippen LogP) is 1.42. The topological polar surface area (TPSA) is 44.4 Å². The number of nitrogens with one attached hydrogen (secondary N) is 2. The Morgan fingerprint density at radius 1 is 1.38 bits per heavy atom. The van der Waals surface area contributed by atoms with Gasteiger partial charge in [0.1, 0.15) is 0 Å². The van der Waals surface area contributed by atoms with Gasteiger partial charge < -0.3 is 15.5 Å². The Morgan fingerprint density at radius 3 is 2.50 bits per heavy atom. The molecule has 4 nitrogen and oxygen atoms in total. The molecule has 0 aromatic rings. The molecule has 0 aromatic heterocycles. The number of carbonyl (C=O) groups is 1. The number of nitrogens with zero attached hydrogens (tertiary/aromatic N) is 1. The lowest BCUT2D eigenvalue weighted by molar-refractivity contribution is 0.170. The Hall–Kier alpha value is -0.770. The second-order valence-electron chi connectivity index (χ2n) is 5.98. The zero-order chi connectivity index (χ0) is 12.3. The van der Waals surface area contributed by atoms with Gasteiger partial charge in [0.25, 0.3) is 0 Å². The molecular weight excluding hydrogens is 202 g/mol. The van der Waals surface area contributed by atoms with E-state index in [9.17, 15) is 4.79 Å². The van der Waals surface area contributed by atoms with E-state index >= 15 is 0 Å². The molecule has 1 saturated heterocycles. The molecule has 2 unspecified atom stereocenters. The molecule has 0 bridgehead atoms. The molecule has 2 N–H and O–H groups in total. The fourth-order valence-electron chi connectivity index (χ4n) is 2.11. The van der Waals surface area contributed by atoms with E-state index in [2.05, 4.69) is 29.5 Å². The maximum absolute atomic E-state index is 11.7. The number of rotatable bonds is 1. The summed E-state index contributed by atoms with van der Waals surface area (Å²) in [5, 5.41) is 6.00. The van der Waals surface area contributed by atoms with Crippen LogP contribution in [-0.4, -0.2) is 42.6 Å². The van der Waals surface area contributed by atoms with Crippen LogP contribution in [0.4, 0.5) is 4.79 Å². The summed E-state index contributed by atoms with van der Waals surface area (Å²) >= 11 is 0. The standard InChI is InChI=1S/C12H25N3O/c1-9-8-15(5)7-6-10(9)13-11(16)14-12(2,3)4/h9-10H,6-8H2,1-5H3,(H2,13,14,16). The molecule has 16 heavy (non-hydrogen) atoms. The summed E-state index contributed by atoms with van der Waals surface area (Å²) in [5.41, 5.74) is -0.168. The molecule has 0 saturated carbocycles. The van der Waals surface area contributed by atoms with Crippen molar-refractivity contribution in [2.24, 2.45) is 5.92 Å². The maximum Gasteiger partial charge on any atom is 0.315 e. The van der Waals surface area contributed by atoms with Gasteiger partial charge in [-0.15, -0.1) is 0 Å². The molecule has 94 valence electrons. The van der Waals surface area contributed by atoms with Crippen molar-refractivity contribution < 1.29 is 4.79 Å². The first kappa shape index (κ1) is 13.3. The molecule has 1 rings (SSSR count). The Kier molecular flexibility index (Phi) is 4.19. The quantitative estimate of drug-likeness (QED) is 0.711. The summed E-state index contributed by atoms with van der Waals surface area (Å²) in [4.78, 5) is 14.0. The SMILES string of the molecule is CC1CN(C)CCC1NC(=O)NC(C)(C)C. The second-order valence-corrected chi connectivity index (χ2v) is 5.98. The molecule has 0 aromatic carbocycles. The van der Waals surface area contributed by atoms with Gasteiger partial charge in [-0.2, -0.15) is 0 Å². The van der Waals surface area contributed by atoms with Crippen LogP contribution >= 0.6 is 0 Å². The smallest absolute Gasteiger partial charge is 0.315 e. The van der Waals surface area contributed by atoms with Crippen LogP contribution < -0.4 is 10.6 Å². The van der Waals surface area contributed by atoms with Crippen molar-refractivity contribution in [1.82, 2.24) is 15.5 Å². The van der Waals surface area contributed by atoms with Crippen molar-refractivity contribution in [3.8, 4) is 0 Å². The summed E-state index contributed by atoms with van der Waals surface area (Å²) < 4.78 is 0. The van der Waals surface area contributed by atoms with Crippen LogP contribution in [0.15, 0.2) is 0 Å². The maximum atomic E-state index is 11.7. The van der Waals surface area contributed by atoms with Gasteiger partial charge in [-0.05, 0) is 46.7 Å². The fourth-order valence-corrected chi connectivity index (χ4v) is 2.11. The van der Waals surface area contributed by atoms with Gasteiger partial charge >= 0.3 is 6.03 Å². The van der Waals surface area contributed by atoms with E-state index in [0.29, 0.717) is 12.0 Å². The number of piperidine rings is 1. The molecule has 2 amide bonds. The Balaban J connectivity index is 2.39. The highest BCUT2D eigenvalue weighted by molar-refractivity contribution is 5.75. The highest BCUT2D eigenvalue weighted by atomic mass is 16.2. The van der Waals surface area contributed by atoms with Crippen molar-refractivity contribution in [1.29, 1.82) is 0 Å². The summed E-state index contributed by atoms with van der Waals surface area (Å²) in [6, 6.07) is 0.257. The average Bonchev–Trinajstić information content (AvgIpc) is 2.06. The number of likely N-dealkylation sites (tertiary alicyclic amines) is 1. The minimum atomic E-state index is -0.168. The fraction of sp³-hybridized carbons (Fsp3) is 0.917. The van der Waals surface area contributed by atoms with Crippen molar-refractivity contribution in [2.45, 2.75) is 45.7 Å². The first-order chi connectivity index (χ1) is 7.28. The minimum absolute atomic E-state index is 0.0473. The first-order valence-electron chi connectivity index (χ1n) is 6.05. The lowest BCUT2D eigenvalue weighted by Gasteiger charge is -2.35. The van der Waals surface area contributed by atoms with E-state index in [1.165, 1.54) is 0 Å². The minimum Gasteiger partial charge on any atom is -0.335 e. The summed E-state index contributed by atoms with van der Waals surface area (Å²) in [5.74, 6) is 0.518. The lowest BCUT2D eigenvalue weighted by atomic mass is 9.94. The number of carbonyl (C=O) groups excluding carboxylic acids is 1. The number of hydrogen-bond acceptors (Lipinski definition) is 2. The van der Waals surface area contributed by atoms with E-state index in [0.717, 1.165) is 19.5 Å². The van der Waals surface area contributed by atoms with Gasteiger partial charge in [0.05, 0.1) is 0 Å². The number of amides is 2. The highest BCUT2D eigenvalue weighted by Crippen LogP contribution is 2.15. The molecule has 0 spiro atoms. The van der Waals surface area contributed by atoms with E-state index in [1.807, 2.05) is 20.8 Å². The molecule has 0 radical (unpaired) electrons. The molecule has 1 aliphatic rings. The third-order valence-electron chi connectivity index (χ3n) is 2.91. The van der Waals surface area contributed by atoms with Crippen molar-refractivity contribution in [3.63, 3.8) is 0 Å². The lowest BCUT2D eigenvalue weighted by Crippen LogP contribution is -2.54. The molecule has 4 heteroatoms. The van der Waals surface area contributed by atoms with E-state index < -0.39 is 0 Å². The van der Waals surface area contributed by atoms with Gasteiger partial charge in [0.2, 0.25) is 0 Å². The van der Waals surface area contributed by atoms with Gasteiger partial charge in [-0.25, -0.2) is 4.79 Å². The zero-order valence-electron chi connectivity index (χ0n) is 11.1. The third kappa shape index (κ3) is 4.39. The number of hydrogen-bond donors (Lipinski definition) is 2. The highest BCUT2D eigenvalue weighted by Gasteiger charge is 2.26. The normalized spacial score (nSPS) is 27.6. The van der Waals surface area contributed by atoms with Gasteiger partial charge in [-0.3, -0.25) is 0 Å². The summed E-state index contributed by atoms with van der Waals surface area (Å²) in [7, 11) is 2.13. The largest absolute Gasteiger partial charge is 0.335 e. The van der Waals surface area contributed by atoms with Crippen LogP contribution in [0.1, 0.15) is 34.1 Å². The molecule has 0 aliphatic carbocycles. The molecule has 1 heterocycles. The number of urea groups is 1. The molecule has 2 atom stereocenters. The molecular formula is C12H25N3O. The van der Waals surface area contributed by atoms with Crippen molar-refractivity contribution in [2.75, 3.05) is 20.1 Å². The van der Waals surface area contributed by atoms with Crippen LogP contribution in [0, 0.1) is 5.92 Å². The Labute approximate surface area is 98.8 Å². The van der Waals surface area contributed by atoms with Crippen LogP contribution in [0.2, 0.25) is 0 Å². The van der Waals surface area contributed by atoms with Gasteiger partial charge in [0.15, 0.2) is 0 Å². The Morgan fingerprint density at radius 2 is 2.00 bits per heavy atom. The summed E-state index contributed by atoms with van der Waals surface area (Å²) in [6.45, 7) is 10.3. The molecule has 1 aliphatic heterocycles. The van der Waals surface area contributed by atoms with Crippen LogP contribution in [0.5, 0.6) is 0 Å². The van der Waals surface area contributed by atoms with Crippen LogP contribution in [0.25, 0.3) is 0 Å². The van der Waals surface area contributed by atoms with E-state index in [1.54, 1.807) is 0 Å². The monoisotopic (exact) mass is 227 g/mol. The summed E-state index contributed by atoms with van der Waals surface area (Å²) in [6.07, 6.45) is 1.04. The van der Waals surface area contributed by atoms with Crippen molar-refractivity contribution in [3.05, 3.63) is 0 Å².